The number of hydrogen-bond donors (Lipinski definition) is 1. The zero-order valence-corrected chi connectivity index (χ0v) is 21.3. The predicted octanol–water partition coefficient (Wildman–Crippen LogP) is 5.02. The third-order valence-corrected chi connectivity index (χ3v) is 7.31. The van der Waals surface area contributed by atoms with Crippen molar-refractivity contribution >= 4 is 17.2 Å². The van der Waals surface area contributed by atoms with Gasteiger partial charge in [0, 0.05) is 47.7 Å². The summed E-state index contributed by atoms with van der Waals surface area (Å²) in [6.45, 7) is 4.26. The lowest BCUT2D eigenvalue weighted by atomic mass is 9.89. The van der Waals surface area contributed by atoms with Crippen molar-refractivity contribution in [3.05, 3.63) is 96.2 Å². The Balaban J connectivity index is 1.31. The molecule has 0 aliphatic carbocycles. The molecule has 0 radical (unpaired) electrons. The summed E-state index contributed by atoms with van der Waals surface area (Å²) in [5.41, 5.74) is 13.4. The molecule has 0 bridgehead atoms. The summed E-state index contributed by atoms with van der Waals surface area (Å²) in [5.74, 6) is 0.402. The van der Waals surface area contributed by atoms with E-state index >= 15 is 0 Å². The van der Waals surface area contributed by atoms with Gasteiger partial charge in [0.25, 0.3) is 0 Å². The van der Waals surface area contributed by atoms with Crippen molar-refractivity contribution in [2.24, 2.45) is 0 Å². The van der Waals surface area contributed by atoms with Gasteiger partial charge in [0.1, 0.15) is 5.82 Å². The van der Waals surface area contributed by atoms with E-state index < -0.39 is 0 Å². The maximum absolute atomic E-state index is 12.7. The number of likely N-dealkylation sites (tertiary alicyclic amines) is 1. The standard InChI is InChI=1S/C30H29N7O/c1-20(38)27-28(23-11-14-36(15-12-23)19-21-6-5-13-32-16-21)35-30-25(18-34-37(30)29(27)31)24-9-10-26(33-17-24)22-7-3-2-4-8-22/h2-10,13,16-18,23H,11-12,14-15,19,31H2,1H3. The molecule has 0 saturated carbocycles. The third kappa shape index (κ3) is 4.54. The molecule has 1 fully saturated rings. The monoisotopic (exact) mass is 503 g/mol. The molecule has 5 heterocycles. The summed E-state index contributed by atoms with van der Waals surface area (Å²) in [4.78, 5) is 29.1. The van der Waals surface area contributed by atoms with Crippen molar-refractivity contribution in [1.82, 2.24) is 29.5 Å². The average Bonchev–Trinajstić information content (AvgIpc) is 3.39. The lowest BCUT2D eigenvalue weighted by Crippen LogP contribution is -2.33. The number of benzene rings is 1. The van der Waals surface area contributed by atoms with Gasteiger partial charge in [-0.1, -0.05) is 42.5 Å². The molecule has 8 heteroatoms. The van der Waals surface area contributed by atoms with Gasteiger partial charge in [-0.3, -0.25) is 19.7 Å². The summed E-state index contributed by atoms with van der Waals surface area (Å²) in [6.07, 6.45) is 9.11. The van der Waals surface area contributed by atoms with Crippen LogP contribution in [0.25, 0.3) is 28.0 Å². The second-order valence-electron chi connectivity index (χ2n) is 9.82. The van der Waals surface area contributed by atoms with Crippen LogP contribution in [0.4, 0.5) is 5.82 Å². The number of aromatic nitrogens is 5. The topological polar surface area (TPSA) is 102 Å². The van der Waals surface area contributed by atoms with Crippen LogP contribution in [-0.4, -0.2) is 48.3 Å². The minimum Gasteiger partial charge on any atom is -0.383 e. The smallest absolute Gasteiger partial charge is 0.165 e. The summed E-state index contributed by atoms with van der Waals surface area (Å²) >= 11 is 0. The lowest BCUT2D eigenvalue weighted by Gasteiger charge is -2.32. The Morgan fingerprint density at radius 1 is 0.974 bits per heavy atom. The zero-order valence-electron chi connectivity index (χ0n) is 21.3. The molecule has 0 unspecified atom stereocenters. The van der Waals surface area contributed by atoms with E-state index in [1.807, 2.05) is 60.9 Å². The molecular weight excluding hydrogens is 474 g/mol. The predicted molar refractivity (Wildman–Crippen MR) is 148 cm³/mol. The Morgan fingerprint density at radius 2 is 1.79 bits per heavy atom. The van der Waals surface area contributed by atoms with Gasteiger partial charge in [-0.2, -0.15) is 9.61 Å². The van der Waals surface area contributed by atoms with Crippen molar-refractivity contribution < 1.29 is 4.79 Å². The molecule has 38 heavy (non-hydrogen) atoms. The number of nitrogens with zero attached hydrogens (tertiary/aromatic N) is 6. The number of rotatable bonds is 6. The number of hydrogen-bond acceptors (Lipinski definition) is 7. The molecule has 1 aliphatic heterocycles. The van der Waals surface area contributed by atoms with Gasteiger partial charge < -0.3 is 5.73 Å². The minimum atomic E-state index is -0.0874. The van der Waals surface area contributed by atoms with Crippen molar-refractivity contribution in [3.8, 4) is 22.4 Å². The molecule has 190 valence electrons. The molecule has 0 atom stereocenters. The summed E-state index contributed by atoms with van der Waals surface area (Å²) in [5, 5.41) is 4.50. The van der Waals surface area contributed by atoms with E-state index in [1.54, 1.807) is 23.8 Å². The molecule has 1 aliphatic rings. The van der Waals surface area contributed by atoms with E-state index in [4.69, 9.17) is 10.7 Å². The minimum absolute atomic E-state index is 0.0874. The summed E-state index contributed by atoms with van der Waals surface area (Å²) in [7, 11) is 0. The van der Waals surface area contributed by atoms with E-state index in [0.717, 1.165) is 60.6 Å². The number of pyridine rings is 2. The van der Waals surface area contributed by atoms with Gasteiger partial charge in [-0.15, -0.1) is 0 Å². The van der Waals surface area contributed by atoms with Crippen molar-refractivity contribution in [2.75, 3.05) is 18.8 Å². The molecule has 1 aromatic carbocycles. The van der Waals surface area contributed by atoms with Gasteiger partial charge in [0.2, 0.25) is 0 Å². The SMILES string of the molecule is CC(=O)c1c(C2CCN(Cc3cccnc3)CC2)nc2c(-c3ccc(-c4ccccc4)nc3)cnn2c1N. The molecule has 1 saturated heterocycles. The highest BCUT2D eigenvalue weighted by Gasteiger charge is 2.29. The van der Waals surface area contributed by atoms with E-state index in [1.165, 1.54) is 5.56 Å². The van der Waals surface area contributed by atoms with Crippen LogP contribution in [0.2, 0.25) is 0 Å². The largest absolute Gasteiger partial charge is 0.383 e. The van der Waals surface area contributed by atoms with E-state index in [9.17, 15) is 4.79 Å². The third-order valence-electron chi connectivity index (χ3n) is 7.31. The number of anilines is 1. The summed E-state index contributed by atoms with van der Waals surface area (Å²) < 4.78 is 1.58. The van der Waals surface area contributed by atoms with Gasteiger partial charge in [-0.05, 0) is 50.6 Å². The van der Waals surface area contributed by atoms with Gasteiger partial charge in [-0.25, -0.2) is 4.98 Å². The second kappa shape index (κ2) is 10.1. The first kappa shape index (κ1) is 23.9. The number of piperidine rings is 1. The first-order valence-corrected chi connectivity index (χ1v) is 12.9. The Labute approximate surface area is 221 Å². The normalized spacial score (nSPS) is 14.7. The zero-order chi connectivity index (χ0) is 26.1. The molecule has 8 nitrogen and oxygen atoms in total. The Kier molecular flexibility index (Phi) is 6.39. The first-order valence-electron chi connectivity index (χ1n) is 12.9. The molecule has 0 amide bonds. The highest BCUT2D eigenvalue weighted by molar-refractivity contribution is 6.00. The van der Waals surface area contributed by atoms with Crippen molar-refractivity contribution in [1.29, 1.82) is 0 Å². The number of ketones is 1. The van der Waals surface area contributed by atoms with Crippen LogP contribution in [-0.2, 0) is 6.54 Å². The van der Waals surface area contributed by atoms with E-state index in [0.29, 0.717) is 17.0 Å². The summed E-state index contributed by atoms with van der Waals surface area (Å²) in [6, 6.07) is 18.2. The Hall–Kier alpha value is -4.43. The average molecular weight is 504 g/mol. The molecule has 2 N–H and O–H groups in total. The van der Waals surface area contributed by atoms with Crippen molar-refractivity contribution in [3.63, 3.8) is 0 Å². The van der Waals surface area contributed by atoms with Crippen LogP contribution in [0.3, 0.4) is 0 Å². The fourth-order valence-corrected chi connectivity index (χ4v) is 5.34. The van der Waals surface area contributed by atoms with Gasteiger partial charge in [0.05, 0.1) is 23.1 Å². The van der Waals surface area contributed by atoms with Crippen LogP contribution >= 0.6 is 0 Å². The molecule has 0 spiro atoms. The van der Waals surface area contributed by atoms with Gasteiger partial charge >= 0.3 is 0 Å². The molecule has 4 aromatic heterocycles. The highest BCUT2D eigenvalue weighted by atomic mass is 16.1. The Morgan fingerprint density at radius 3 is 2.47 bits per heavy atom. The van der Waals surface area contributed by atoms with Crippen LogP contribution in [0, 0.1) is 0 Å². The highest BCUT2D eigenvalue weighted by Crippen LogP contribution is 2.35. The van der Waals surface area contributed by atoms with Crippen LogP contribution in [0.1, 0.15) is 47.3 Å². The maximum Gasteiger partial charge on any atom is 0.165 e. The number of carbonyl (C=O) groups is 1. The fraction of sp³-hybridized carbons (Fsp3) is 0.233. The molecular formula is C30H29N7O. The lowest BCUT2D eigenvalue weighted by molar-refractivity contribution is 0.101. The number of fused-ring (bicyclic) bond motifs is 1. The number of Topliss-reactive ketones (excluding diaryl/α,β-unsaturated/α-hetero) is 1. The number of nitrogen functional groups attached to an aromatic ring is 1. The van der Waals surface area contributed by atoms with E-state index in [-0.39, 0.29) is 11.7 Å². The van der Waals surface area contributed by atoms with E-state index in [2.05, 4.69) is 26.0 Å². The first-order chi connectivity index (χ1) is 18.6. The fourth-order valence-electron chi connectivity index (χ4n) is 5.34. The van der Waals surface area contributed by atoms with Gasteiger partial charge in [0.15, 0.2) is 11.4 Å². The Bertz CT molecular complexity index is 1570. The molecule has 6 rings (SSSR count). The van der Waals surface area contributed by atoms with Crippen LogP contribution < -0.4 is 5.73 Å². The quantitative estimate of drug-likeness (QED) is 0.325. The molecule has 5 aromatic rings. The maximum atomic E-state index is 12.7. The number of nitrogens with two attached hydrogens (primary N) is 1. The van der Waals surface area contributed by atoms with Crippen LogP contribution in [0.5, 0.6) is 0 Å². The number of carbonyl (C=O) groups excluding carboxylic acids is 1. The second-order valence-corrected chi connectivity index (χ2v) is 9.82. The van der Waals surface area contributed by atoms with Crippen LogP contribution in [0.15, 0.2) is 79.4 Å². The van der Waals surface area contributed by atoms with Crippen molar-refractivity contribution in [2.45, 2.75) is 32.2 Å².